The molecular formula is C15H17N3O2. The second-order valence-electron chi connectivity index (χ2n) is 4.93. The number of nitrogens with zero attached hydrogens (tertiary/aromatic N) is 1. The van der Waals surface area contributed by atoms with E-state index in [9.17, 15) is 4.79 Å². The van der Waals surface area contributed by atoms with Gasteiger partial charge in [0.1, 0.15) is 6.26 Å². The Morgan fingerprint density at radius 1 is 1.30 bits per heavy atom. The fourth-order valence-electron chi connectivity index (χ4n) is 1.90. The van der Waals surface area contributed by atoms with Crippen molar-refractivity contribution in [1.82, 2.24) is 15.6 Å². The molecule has 2 N–H and O–H groups in total. The van der Waals surface area contributed by atoms with Crippen LogP contribution in [0.2, 0.25) is 0 Å². The first kappa shape index (κ1) is 12.7. The van der Waals surface area contributed by atoms with E-state index in [1.807, 2.05) is 30.3 Å². The number of aromatic nitrogens is 1. The Morgan fingerprint density at radius 2 is 2.10 bits per heavy atom. The highest BCUT2D eigenvalue weighted by molar-refractivity contribution is 5.74. The molecule has 104 valence electrons. The van der Waals surface area contributed by atoms with Gasteiger partial charge in [-0.05, 0) is 25.0 Å². The van der Waals surface area contributed by atoms with Gasteiger partial charge < -0.3 is 15.1 Å². The maximum Gasteiger partial charge on any atom is 0.315 e. The first-order chi connectivity index (χ1) is 9.81. The molecule has 20 heavy (non-hydrogen) atoms. The summed E-state index contributed by atoms with van der Waals surface area (Å²) in [5, 5.41) is 5.70. The van der Waals surface area contributed by atoms with Crippen molar-refractivity contribution in [3.05, 3.63) is 42.3 Å². The molecule has 0 spiro atoms. The second-order valence-corrected chi connectivity index (χ2v) is 4.93. The lowest BCUT2D eigenvalue weighted by Gasteiger charge is -2.04. The highest BCUT2D eigenvalue weighted by atomic mass is 16.3. The van der Waals surface area contributed by atoms with Gasteiger partial charge >= 0.3 is 6.03 Å². The molecule has 1 aromatic carbocycles. The van der Waals surface area contributed by atoms with Gasteiger partial charge in [-0.25, -0.2) is 9.78 Å². The van der Waals surface area contributed by atoms with E-state index >= 15 is 0 Å². The smallest absolute Gasteiger partial charge is 0.315 e. The van der Waals surface area contributed by atoms with Gasteiger partial charge in [-0.2, -0.15) is 0 Å². The van der Waals surface area contributed by atoms with E-state index in [1.165, 1.54) is 0 Å². The van der Waals surface area contributed by atoms with Crippen LogP contribution in [-0.2, 0) is 6.42 Å². The standard InChI is InChI=1S/C15H17N3O2/c19-15(18-12-6-7-12)16-9-8-13-10-20-14(17-13)11-4-2-1-3-5-11/h1-5,10,12H,6-9H2,(H2,16,18,19). The van der Waals surface area contributed by atoms with Gasteiger partial charge in [0.2, 0.25) is 5.89 Å². The quantitative estimate of drug-likeness (QED) is 0.877. The van der Waals surface area contributed by atoms with Crippen molar-refractivity contribution in [2.45, 2.75) is 25.3 Å². The highest BCUT2D eigenvalue weighted by Crippen LogP contribution is 2.18. The van der Waals surface area contributed by atoms with Gasteiger partial charge in [0.25, 0.3) is 0 Å². The SMILES string of the molecule is O=C(NCCc1coc(-c2ccccc2)n1)NC1CC1. The molecule has 0 bridgehead atoms. The third-order valence-electron chi connectivity index (χ3n) is 3.15. The summed E-state index contributed by atoms with van der Waals surface area (Å²) in [6, 6.07) is 10.0. The summed E-state index contributed by atoms with van der Waals surface area (Å²) >= 11 is 0. The van der Waals surface area contributed by atoms with Crippen LogP contribution in [-0.4, -0.2) is 23.6 Å². The number of carbonyl (C=O) groups is 1. The monoisotopic (exact) mass is 271 g/mol. The summed E-state index contributed by atoms with van der Waals surface area (Å²) in [5.74, 6) is 0.614. The average molecular weight is 271 g/mol. The molecule has 5 nitrogen and oxygen atoms in total. The summed E-state index contributed by atoms with van der Waals surface area (Å²) < 4.78 is 5.44. The third-order valence-corrected chi connectivity index (χ3v) is 3.15. The lowest BCUT2D eigenvalue weighted by molar-refractivity contribution is 0.240. The molecule has 1 fully saturated rings. The molecular weight excluding hydrogens is 254 g/mol. The minimum Gasteiger partial charge on any atom is -0.444 e. The van der Waals surface area contributed by atoms with Crippen LogP contribution in [0, 0.1) is 0 Å². The molecule has 0 atom stereocenters. The number of nitrogens with one attached hydrogen (secondary N) is 2. The van der Waals surface area contributed by atoms with E-state index in [4.69, 9.17) is 4.42 Å². The van der Waals surface area contributed by atoms with E-state index in [0.29, 0.717) is 24.9 Å². The Balaban J connectivity index is 1.48. The molecule has 3 rings (SSSR count). The summed E-state index contributed by atoms with van der Waals surface area (Å²) in [6.45, 7) is 0.555. The van der Waals surface area contributed by atoms with E-state index in [2.05, 4.69) is 15.6 Å². The lowest BCUT2D eigenvalue weighted by Crippen LogP contribution is -2.37. The Bertz CT molecular complexity index is 576. The number of oxazole rings is 1. The molecule has 0 aliphatic heterocycles. The number of rotatable bonds is 5. The van der Waals surface area contributed by atoms with E-state index in [1.54, 1.807) is 6.26 Å². The zero-order chi connectivity index (χ0) is 13.8. The molecule has 1 aromatic heterocycles. The van der Waals surface area contributed by atoms with Crippen LogP contribution in [0.4, 0.5) is 4.79 Å². The van der Waals surface area contributed by atoms with Crippen LogP contribution >= 0.6 is 0 Å². The first-order valence-corrected chi connectivity index (χ1v) is 6.85. The topological polar surface area (TPSA) is 67.2 Å². The first-order valence-electron chi connectivity index (χ1n) is 6.85. The second kappa shape index (κ2) is 5.77. The van der Waals surface area contributed by atoms with Crippen molar-refractivity contribution in [3.63, 3.8) is 0 Å². The molecule has 2 aromatic rings. The molecule has 1 saturated carbocycles. The summed E-state index contributed by atoms with van der Waals surface area (Å²) in [7, 11) is 0. The van der Waals surface area contributed by atoms with Crippen LogP contribution in [0.5, 0.6) is 0 Å². The number of urea groups is 1. The van der Waals surface area contributed by atoms with E-state index in [-0.39, 0.29) is 6.03 Å². The predicted octanol–water partition coefficient (Wildman–Crippen LogP) is 2.35. The lowest BCUT2D eigenvalue weighted by atomic mass is 10.2. The van der Waals surface area contributed by atoms with Gasteiger partial charge in [-0.15, -0.1) is 0 Å². The highest BCUT2D eigenvalue weighted by Gasteiger charge is 2.22. The minimum atomic E-state index is -0.0979. The summed E-state index contributed by atoms with van der Waals surface area (Å²) in [5.41, 5.74) is 1.80. The van der Waals surface area contributed by atoms with Gasteiger partial charge in [0.15, 0.2) is 0 Å². The number of amides is 2. The summed E-state index contributed by atoms with van der Waals surface area (Å²) in [4.78, 5) is 15.9. The average Bonchev–Trinajstić information content (AvgIpc) is 3.15. The molecule has 0 unspecified atom stereocenters. The van der Waals surface area contributed by atoms with Crippen molar-refractivity contribution in [1.29, 1.82) is 0 Å². The van der Waals surface area contributed by atoms with Gasteiger partial charge in [-0.1, -0.05) is 18.2 Å². The van der Waals surface area contributed by atoms with Crippen molar-refractivity contribution >= 4 is 6.03 Å². The zero-order valence-corrected chi connectivity index (χ0v) is 11.1. The third kappa shape index (κ3) is 3.38. The maximum atomic E-state index is 11.4. The van der Waals surface area contributed by atoms with Crippen molar-refractivity contribution in [2.75, 3.05) is 6.54 Å². The van der Waals surface area contributed by atoms with Crippen LogP contribution in [0.1, 0.15) is 18.5 Å². The molecule has 2 amide bonds. The number of hydrogen-bond acceptors (Lipinski definition) is 3. The fraction of sp³-hybridized carbons (Fsp3) is 0.333. The molecule has 1 aliphatic carbocycles. The molecule has 1 heterocycles. The van der Waals surface area contributed by atoms with Gasteiger partial charge in [-0.3, -0.25) is 0 Å². The predicted molar refractivity (Wildman–Crippen MR) is 75.2 cm³/mol. The van der Waals surface area contributed by atoms with Crippen LogP contribution in [0.25, 0.3) is 11.5 Å². The number of benzene rings is 1. The van der Waals surface area contributed by atoms with Crippen LogP contribution < -0.4 is 10.6 Å². The Kier molecular flexibility index (Phi) is 3.67. The minimum absolute atomic E-state index is 0.0979. The molecule has 5 heteroatoms. The Labute approximate surface area is 117 Å². The maximum absolute atomic E-state index is 11.4. The molecule has 0 radical (unpaired) electrons. The summed E-state index contributed by atoms with van der Waals surface area (Å²) in [6.07, 6.45) is 4.49. The normalized spacial score (nSPS) is 14.0. The Hall–Kier alpha value is -2.30. The number of carbonyl (C=O) groups excluding carboxylic acids is 1. The van der Waals surface area contributed by atoms with E-state index in [0.717, 1.165) is 24.1 Å². The van der Waals surface area contributed by atoms with Gasteiger partial charge in [0.05, 0.1) is 5.69 Å². The largest absolute Gasteiger partial charge is 0.444 e. The zero-order valence-electron chi connectivity index (χ0n) is 11.1. The Morgan fingerprint density at radius 3 is 2.85 bits per heavy atom. The van der Waals surface area contributed by atoms with Crippen molar-refractivity contribution < 1.29 is 9.21 Å². The van der Waals surface area contributed by atoms with Crippen LogP contribution in [0.15, 0.2) is 41.0 Å². The van der Waals surface area contributed by atoms with Gasteiger partial charge in [0, 0.05) is 24.6 Å². The van der Waals surface area contributed by atoms with Crippen LogP contribution in [0.3, 0.4) is 0 Å². The van der Waals surface area contributed by atoms with Crippen molar-refractivity contribution in [3.8, 4) is 11.5 Å². The van der Waals surface area contributed by atoms with Crippen molar-refractivity contribution in [2.24, 2.45) is 0 Å². The molecule has 1 aliphatic rings. The number of hydrogen-bond donors (Lipinski definition) is 2. The fourth-order valence-corrected chi connectivity index (χ4v) is 1.90. The van der Waals surface area contributed by atoms with E-state index < -0.39 is 0 Å². The molecule has 0 saturated heterocycles.